The average Bonchev–Trinajstić information content (AvgIpc) is 2.84. The van der Waals surface area contributed by atoms with Crippen molar-refractivity contribution in [2.45, 2.75) is 24.1 Å². The van der Waals surface area contributed by atoms with Gasteiger partial charge in [-0.15, -0.1) is 0 Å². The lowest BCUT2D eigenvalue weighted by molar-refractivity contribution is -0.570. The Morgan fingerprint density at radius 3 is 2.19 bits per heavy atom. The third-order valence-electron chi connectivity index (χ3n) is 5.66. The molecule has 0 saturated carbocycles. The van der Waals surface area contributed by atoms with E-state index < -0.39 is 28.6 Å². The van der Waals surface area contributed by atoms with E-state index in [1.165, 1.54) is 5.06 Å². The summed E-state index contributed by atoms with van der Waals surface area (Å²) in [6, 6.07) is 23.6. The average molecular weight is 453 g/mol. The van der Waals surface area contributed by atoms with Crippen molar-refractivity contribution >= 4 is 23.3 Å². The first-order valence-electron chi connectivity index (χ1n) is 10.0. The monoisotopic (exact) mass is 452 g/mol. The summed E-state index contributed by atoms with van der Waals surface area (Å²) in [7, 11) is 1.16. The van der Waals surface area contributed by atoms with Crippen LogP contribution in [0, 0.1) is 10.1 Å². The summed E-state index contributed by atoms with van der Waals surface area (Å²) in [5, 5.41) is 14.7. The van der Waals surface area contributed by atoms with Gasteiger partial charge in [0.05, 0.1) is 19.2 Å². The summed E-state index contributed by atoms with van der Waals surface area (Å²) in [5.74, 6) is -0.931. The third-order valence-corrected chi connectivity index (χ3v) is 5.91. The first-order chi connectivity index (χ1) is 15.5. The largest absolute Gasteiger partial charge is 0.464 e. The van der Waals surface area contributed by atoms with Gasteiger partial charge in [-0.25, -0.2) is 9.86 Å². The molecule has 4 rings (SSSR count). The van der Waals surface area contributed by atoms with Crippen molar-refractivity contribution in [3.05, 3.63) is 111 Å². The number of halogens is 1. The number of ether oxygens (including phenoxy) is 1. The van der Waals surface area contributed by atoms with Crippen molar-refractivity contribution in [2.24, 2.45) is 0 Å². The smallest absolute Gasteiger partial charge is 0.387 e. The van der Waals surface area contributed by atoms with Crippen LogP contribution < -0.4 is 5.06 Å². The van der Waals surface area contributed by atoms with Gasteiger partial charge >= 0.3 is 11.5 Å². The Morgan fingerprint density at radius 2 is 1.62 bits per heavy atom. The molecule has 164 valence electrons. The Balaban J connectivity index is 1.94. The standard InChI is InChI=1S/C24H21ClN2O5/c1-31-23(28)24(27(29)30)16-21(17-12-14-19(25)15-13-17)32-26(20-10-6-3-7-11-20)22(24)18-8-4-2-5-9-18/h2-15,21-22H,16H2,1H3/t21-,22-,24?/m1/s1. The number of para-hydroxylation sites is 1. The van der Waals surface area contributed by atoms with Crippen LogP contribution in [0.1, 0.15) is 29.7 Å². The molecule has 0 aromatic heterocycles. The van der Waals surface area contributed by atoms with E-state index in [1.807, 2.05) is 12.1 Å². The van der Waals surface area contributed by atoms with Gasteiger partial charge in [-0.3, -0.25) is 15.0 Å². The van der Waals surface area contributed by atoms with E-state index in [0.29, 0.717) is 21.8 Å². The molecule has 0 bridgehead atoms. The van der Waals surface area contributed by atoms with Crippen LogP contribution in [0.5, 0.6) is 0 Å². The molecule has 1 aliphatic heterocycles. The van der Waals surface area contributed by atoms with Crippen molar-refractivity contribution in [2.75, 3.05) is 12.2 Å². The Bertz CT molecular complexity index is 1090. The molecule has 0 aliphatic carbocycles. The summed E-state index contributed by atoms with van der Waals surface area (Å²) in [4.78, 5) is 31.6. The maximum absolute atomic E-state index is 13.2. The van der Waals surface area contributed by atoms with Gasteiger partial charge in [0.1, 0.15) is 6.10 Å². The quantitative estimate of drug-likeness (QED) is 0.302. The van der Waals surface area contributed by atoms with Crippen LogP contribution >= 0.6 is 11.6 Å². The van der Waals surface area contributed by atoms with E-state index in [0.717, 1.165) is 7.11 Å². The van der Waals surface area contributed by atoms with Crippen LogP contribution in [0.3, 0.4) is 0 Å². The summed E-state index contributed by atoms with van der Waals surface area (Å²) in [5.41, 5.74) is -0.311. The highest BCUT2D eigenvalue weighted by atomic mass is 35.5. The van der Waals surface area contributed by atoms with Crippen molar-refractivity contribution in [1.82, 2.24) is 0 Å². The second-order valence-corrected chi connectivity index (χ2v) is 7.93. The maximum Gasteiger partial charge on any atom is 0.387 e. The molecule has 3 aromatic rings. The van der Waals surface area contributed by atoms with E-state index in [9.17, 15) is 14.9 Å². The van der Waals surface area contributed by atoms with Gasteiger partial charge in [-0.05, 0) is 35.4 Å². The van der Waals surface area contributed by atoms with E-state index in [4.69, 9.17) is 21.2 Å². The second-order valence-electron chi connectivity index (χ2n) is 7.50. The lowest BCUT2D eigenvalue weighted by Gasteiger charge is -2.45. The fraction of sp³-hybridized carbons (Fsp3) is 0.208. The van der Waals surface area contributed by atoms with Gasteiger partial charge in [0, 0.05) is 9.95 Å². The summed E-state index contributed by atoms with van der Waals surface area (Å²) in [6.45, 7) is 0. The lowest BCUT2D eigenvalue weighted by atomic mass is 9.78. The zero-order valence-corrected chi connectivity index (χ0v) is 18.0. The van der Waals surface area contributed by atoms with Gasteiger partial charge in [0.2, 0.25) is 0 Å². The minimum Gasteiger partial charge on any atom is -0.464 e. The number of carbonyl (C=O) groups is 1. The molecular weight excluding hydrogens is 432 g/mol. The number of methoxy groups -OCH3 is 1. The van der Waals surface area contributed by atoms with Crippen LogP contribution in [0.4, 0.5) is 5.69 Å². The lowest BCUT2D eigenvalue weighted by Crippen LogP contribution is -2.61. The molecule has 0 spiro atoms. The number of anilines is 1. The van der Waals surface area contributed by atoms with Crippen LogP contribution in [-0.4, -0.2) is 23.5 Å². The molecule has 0 amide bonds. The van der Waals surface area contributed by atoms with Crippen LogP contribution in [-0.2, 0) is 14.4 Å². The van der Waals surface area contributed by atoms with Gasteiger partial charge < -0.3 is 4.74 Å². The fourth-order valence-electron chi connectivity index (χ4n) is 4.13. The van der Waals surface area contributed by atoms with Crippen molar-refractivity contribution in [3.63, 3.8) is 0 Å². The molecule has 32 heavy (non-hydrogen) atoms. The number of benzene rings is 3. The highest BCUT2D eigenvalue weighted by Crippen LogP contribution is 2.49. The summed E-state index contributed by atoms with van der Waals surface area (Å²) >= 11 is 6.02. The van der Waals surface area contributed by atoms with Gasteiger partial charge in [0.25, 0.3) is 0 Å². The zero-order valence-electron chi connectivity index (χ0n) is 17.3. The number of nitro groups is 1. The number of esters is 1. The molecule has 1 saturated heterocycles. The minimum atomic E-state index is -2.12. The molecular formula is C24H21ClN2O5. The number of hydrogen-bond donors (Lipinski definition) is 0. The molecule has 0 N–H and O–H groups in total. The Labute approximate surface area is 190 Å². The maximum atomic E-state index is 13.2. The SMILES string of the molecule is COC(=O)C1([N+](=O)[O-])C[C@H](c2ccc(Cl)cc2)ON(c2ccccc2)[C@@H]1c1ccccc1. The number of carbonyl (C=O) groups excluding carboxylic acids is 1. The van der Waals surface area contributed by atoms with Crippen molar-refractivity contribution < 1.29 is 19.3 Å². The number of hydroxylamine groups is 1. The summed E-state index contributed by atoms with van der Waals surface area (Å²) < 4.78 is 5.01. The van der Waals surface area contributed by atoms with Gasteiger partial charge in [-0.2, -0.15) is 0 Å². The van der Waals surface area contributed by atoms with E-state index in [-0.39, 0.29) is 6.42 Å². The van der Waals surface area contributed by atoms with Crippen LogP contribution in [0.25, 0.3) is 0 Å². The van der Waals surface area contributed by atoms with Crippen LogP contribution in [0.2, 0.25) is 5.02 Å². The van der Waals surface area contributed by atoms with Gasteiger partial charge in [-0.1, -0.05) is 72.3 Å². The molecule has 1 aliphatic rings. The highest BCUT2D eigenvalue weighted by molar-refractivity contribution is 6.30. The van der Waals surface area contributed by atoms with Crippen LogP contribution in [0.15, 0.2) is 84.9 Å². The molecule has 3 atom stereocenters. The molecule has 8 heteroatoms. The number of nitrogens with zero attached hydrogens (tertiary/aromatic N) is 2. The molecule has 0 radical (unpaired) electrons. The molecule has 1 fully saturated rings. The van der Waals surface area contributed by atoms with E-state index in [2.05, 4.69) is 0 Å². The number of rotatable bonds is 5. The van der Waals surface area contributed by atoms with E-state index in [1.54, 1.807) is 72.8 Å². The summed E-state index contributed by atoms with van der Waals surface area (Å²) in [6.07, 6.45) is -0.992. The predicted molar refractivity (Wildman–Crippen MR) is 120 cm³/mol. The minimum absolute atomic E-state index is 0.211. The van der Waals surface area contributed by atoms with Gasteiger partial charge in [0.15, 0.2) is 6.04 Å². The zero-order chi connectivity index (χ0) is 22.7. The third kappa shape index (κ3) is 3.81. The van der Waals surface area contributed by atoms with Crippen molar-refractivity contribution in [1.29, 1.82) is 0 Å². The number of hydrogen-bond acceptors (Lipinski definition) is 6. The van der Waals surface area contributed by atoms with Crippen molar-refractivity contribution in [3.8, 4) is 0 Å². The highest BCUT2D eigenvalue weighted by Gasteiger charge is 2.66. The van der Waals surface area contributed by atoms with E-state index >= 15 is 0 Å². The second kappa shape index (κ2) is 8.98. The Morgan fingerprint density at radius 1 is 1.03 bits per heavy atom. The first kappa shape index (κ1) is 21.8. The molecule has 3 aromatic carbocycles. The predicted octanol–water partition coefficient (Wildman–Crippen LogP) is 5.15. The Kier molecular flexibility index (Phi) is 6.12. The first-order valence-corrected chi connectivity index (χ1v) is 10.4. The molecule has 1 unspecified atom stereocenters. The molecule has 7 nitrogen and oxygen atoms in total. The Hall–Kier alpha value is -3.42. The topological polar surface area (TPSA) is 81.9 Å². The molecule has 1 heterocycles. The normalized spacial score (nSPS) is 22.9. The fourth-order valence-corrected chi connectivity index (χ4v) is 4.26.